The van der Waals surface area contributed by atoms with Gasteiger partial charge >= 0.3 is 31.8 Å². The summed E-state index contributed by atoms with van der Waals surface area (Å²) in [6, 6.07) is 0. The molecule has 0 aliphatic rings. The SMILES string of the molecule is C[As](=O)(O)O.[Fe].[Fe]. The fourth-order valence-electron chi connectivity index (χ4n) is 0. The second kappa shape index (κ2) is 5.45. The van der Waals surface area contributed by atoms with Gasteiger partial charge in [-0.2, -0.15) is 0 Å². The molecule has 0 atom stereocenters. The fourth-order valence-corrected chi connectivity index (χ4v) is 0. The van der Waals surface area contributed by atoms with Crippen LogP contribution >= 0.6 is 0 Å². The van der Waals surface area contributed by atoms with Crippen LogP contribution < -0.4 is 0 Å². The predicted octanol–water partition coefficient (Wildman–Crippen LogP) is -1.03. The van der Waals surface area contributed by atoms with E-state index in [-0.39, 0.29) is 34.1 Å². The van der Waals surface area contributed by atoms with E-state index in [9.17, 15) is 3.74 Å². The van der Waals surface area contributed by atoms with Crippen molar-refractivity contribution in [1.82, 2.24) is 0 Å². The van der Waals surface area contributed by atoms with Crippen LogP contribution in [0.4, 0.5) is 0 Å². The normalized spacial score (nSPS) is 8.43. The monoisotopic (exact) mass is 252 g/mol. The number of rotatable bonds is 0. The van der Waals surface area contributed by atoms with Gasteiger partial charge in [0.15, 0.2) is 0 Å². The second-order valence-electron chi connectivity index (χ2n) is 0.835. The zero-order valence-corrected chi connectivity index (χ0v) is 7.54. The zero-order chi connectivity index (χ0) is 4.50. The molecule has 0 amide bonds. The summed E-state index contributed by atoms with van der Waals surface area (Å²) in [6.07, 6.45) is 0. The fraction of sp³-hybridized carbons (Fsp3) is 1.00. The molecule has 0 fully saturated rings. The maximum absolute atomic E-state index is 9.39. The summed E-state index contributed by atoms with van der Waals surface area (Å²) in [7, 11) is 0. The van der Waals surface area contributed by atoms with Gasteiger partial charge in [-0.15, -0.1) is 0 Å². The van der Waals surface area contributed by atoms with Gasteiger partial charge in [-0.25, -0.2) is 0 Å². The van der Waals surface area contributed by atoms with Crippen LogP contribution in [-0.4, -0.2) is 22.4 Å². The van der Waals surface area contributed by atoms with Gasteiger partial charge in [-0.05, 0) is 0 Å². The molecule has 48 valence electrons. The molecule has 2 N–H and O–H groups in total. The van der Waals surface area contributed by atoms with Crippen molar-refractivity contribution in [2.75, 3.05) is 0 Å². The molecule has 0 radical (unpaired) electrons. The van der Waals surface area contributed by atoms with E-state index in [1.165, 1.54) is 0 Å². The minimum absolute atomic E-state index is 0. The summed E-state index contributed by atoms with van der Waals surface area (Å²) >= 11 is -4.12. The van der Waals surface area contributed by atoms with Crippen LogP contribution in [0.3, 0.4) is 0 Å². The minimum Gasteiger partial charge on any atom is 0 e. The molecule has 0 aliphatic heterocycles. The van der Waals surface area contributed by atoms with Crippen LogP contribution in [0.5, 0.6) is 0 Å². The van der Waals surface area contributed by atoms with Crippen LogP contribution in [0.1, 0.15) is 0 Å². The Kier molecular flexibility index (Phi) is 12.3. The first-order valence-corrected chi connectivity index (χ1v) is 5.35. The average molecular weight is 252 g/mol. The van der Waals surface area contributed by atoms with Crippen molar-refractivity contribution in [2.45, 2.75) is 5.71 Å². The molecule has 0 rings (SSSR count). The molecule has 0 aromatic rings. The molecule has 0 bridgehead atoms. The van der Waals surface area contributed by atoms with Crippen molar-refractivity contribution in [3.8, 4) is 0 Å². The van der Waals surface area contributed by atoms with Crippen LogP contribution in [0.25, 0.3) is 0 Å². The summed E-state index contributed by atoms with van der Waals surface area (Å²) in [5.41, 5.74) is 0.915. The van der Waals surface area contributed by atoms with Crippen LogP contribution in [-0.2, 0) is 37.9 Å². The molecule has 0 saturated carbocycles. The minimum atomic E-state index is -4.12. The molecule has 0 aromatic heterocycles. The van der Waals surface area contributed by atoms with Gasteiger partial charge in [0.25, 0.3) is 0 Å². The van der Waals surface area contributed by atoms with Gasteiger partial charge in [0.05, 0.1) is 0 Å². The molecule has 0 aromatic carbocycles. The van der Waals surface area contributed by atoms with E-state index in [0.29, 0.717) is 0 Å². The second-order valence-corrected chi connectivity index (χ2v) is 4.34. The molecule has 0 unspecified atom stereocenters. The quantitative estimate of drug-likeness (QED) is 0.541. The van der Waals surface area contributed by atoms with Gasteiger partial charge in [0.2, 0.25) is 0 Å². The standard InChI is InChI=1S/CH5AsO3.2Fe/c1-2(3,4)5;;/h1H3,(H2,3,4,5);;. The van der Waals surface area contributed by atoms with Crippen molar-refractivity contribution in [3.05, 3.63) is 0 Å². The third kappa shape index (κ3) is 119. The summed E-state index contributed by atoms with van der Waals surface area (Å²) in [4.78, 5) is 0. The van der Waals surface area contributed by atoms with Gasteiger partial charge in [0, 0.05) is 34.1 Å². The largest absolute Gasteiger partial charge is 0 e. The summed E-state index contributed by atoms with van der Waals surface area (Å²) < 4.78 is 24.8. The Hall–Kier alpha value is 1.32. The van der Waals surface area contributed by atoms with E-state index in [1.807, 2.05) is 0 Å². The Labute approximate surface area is 65.8 Å². The Morgan fingerprint density at radius 1 is 1.29 bits per heavy atom. The van der Waals surface area contributed by atoms with Crippen LogP contribution in [0.15, 0.2) is 0 Å². The van der Waals surface area contributed by atoms with Crippen molar-refractivity contribution >= 4 is 14.2 Å². The number of hydrogen-bond donors (Lipinski definition) is 2. The molecular formula is CH5AsFe2O3. The Morgan fingerprint density at radius 2 is 1.29 bits per heavy atom. The predicted molar refractivity (Wildman–Crippen MR) is 16.7 cm³/mol. The molecule has 0 spiro atoms. The maximum Gasteiger partial charge on any atom is 0 e. The molecule has 0 heterocycles. The van der Waals surface area contributed by atoms with Gasteiger partial charge < -0.3 is 0 Å². The van der Waals surface area contributed by atoms with Crippen LogP contribution in [0.2, 0.25) is 5.71 Å². The topological polar surface area (TPSA) is 57.5 Å². The molecule has 3 nitrogen and oxygen atoms in total. The molecule has 0 saturated heterocycles. The van der Waals surface area contributed by atoms with Crippen molar-refractivity contribution in [1.29, 1.82) is 0 Å². The van der Waals surface area contributed by atoms with Gasteiger partial charge in [0.1, 0.15) is 0 Å². The van der Waals surface area contributed by atoms with E-state index in [1.54, 1.807) is 0 Å². The molecule has 7 heavy (non-hydrogen) atoms. The molecule has 6 heteroatoms. The average Bonchev–Trinajstić information content (AvgIpc) is 0.722. The van der Waals surface area contributed by atoms with Gasteiger partial charge in [-0.3, -0.25) is 0 Å². The summed E-state index contributed by atoms with van der Waals surface area (Å²) in [5.74, 6) is 0. The van der Waals surface area contributed by atoms with Crippen molar-refractivity contribution < 1.29 is 46.1 Å². The Balaban J connectivity index is -0.0000000800. The first-order valence-electron chi connectivity index (χ1n) is 1.03. The maximum atomic E-state index is 9.39. The van der Waals surface area contributed by atoms with E-state index in [4.69, 9.17) is 8.19 Å². The molecular weight excluding hydrogens is 247 g/mol. The van der Waals surface area contributed by atoms with Crippen molar-refractivity contribution in [2.24, 2.45) is 0 Å². The Bertz CT molecular complexity index is 59.1. The Morgan fingerprint density at radius 3 is 1.29 bits per heavy atom. The molecule has 0 aliphatic carbocycles. The summed E-state index contributed by atoms with van der Waals surface area (Å²) in [5, 5.41) is 0. The van der Waals surface area contributed by atoms with Crippen molar-refractivity contribution in [3.63, 3.8) is 0 Å². The number of hydrogen-bond acceptors (Lipinski definition) is 1. The van der Waals surface area contributed by atoms with E-state index >= 15 is 0 Å². The van der Waals surface area contributed by atoms with Gasteiger partial charge in [-0.1, -0.05) is 0 Å². The third-order valence-corrected chi connectivity index (χ3v) is 0. The third-order valence-electron chi connectivity index (χ3n) is 0. The van der Waals surface area contributed by atoms with E-state index < -0.39 is 14.2 Å². The smallest absolute Gasteiger partial charge is 0 e. The summed E-state index contributed by atoms with van der Waals surface area (Å²) in [6.45, 7) is 0. The van der Waals surface area contributed by atoms with E-state index in [0.717, 1.165) is 5.71 Å². The first-order chi connectivity index (χ1) is 2.00. The van der Waals surface area contributed by atoms with Crippen LogP contribution in [0, 0.1) is 0 Å². The first kappa shape index (κ1) is 15.8. The van der Waals surface area contributed by atoms with E-state index in [2.05, 4.69) is 0 Å². The zero-order valence-electron chi connectivity index (χ0n) is 3.46.